The maximum atomic E-state index is 10.8. The quantitative estimate of drug-likeness (QED) is 0.326. The number of hydrogen-bond donors (Lipinski definition) is 1. The monoisotopic (exact) mass is 332 g/mol. The maximum Gasteiger partial charge on any atom is 0.270 e. The van der Waals surface area contributed by atoms with Crippen LogP contribution in [0.3, 0.4) is 0 Å². The Morgan fingerprint density at radius 2 is 1.80 bits per heavy atom. The highest BCUT2D eigenvalue weighted by molar-refractivity contribution is 6.06. The first-order valence-electron chi connectivity index (χ1n) is 7.54. The molecule has 0 saturated carbocycles. The van der Waals surface area contributed by atoms with Crippen LogP contribution in [0.15, 0.2) is 70.1 Å². The highest BCUT2D eigenvalue weighted by Gasteiger charge is 2.09. The van der Waals surface area contributed by atoms with Crippen LogP contribution in [0.5, 0.6) is 5.75 Å². The van der Waals surface area contributed by atoms with Gasteiger partial charge in [-0.25, -0.2) is 0 Å². The normalized spacial score (nSPS) is 11.5. The fourth-order valence-electron chi connectivity index (χ4n) is 2.70. The number of furan rings is 1. The van der Waals surface area contributed by atoms with Crippen molar-refractivity contribution in [1.82, 2.24) is 0 Å². The predicted octanol–water partition coefficient (Wildman–Crippen LogP) is 4.95. The third-order valence-electron chi connectivity index (χ3n) is 3.93. The Hall–Kier alpha value is -3.67. The minimum Gasteiger partial charge on any atom is -0.507 e. The smallest absolute Gasteiger partial charge is 0.270 e. The Morgan fingerprint density at radius 3 is 2.64 bits per heavy atom. The third kappa shape index (κ3) is 2.70. The van der Waals surface area contributed by atoms with Crippen molar-refractivity contribution in [3.8, 4) is 5.75 Å². The highest BCUT2D eigenvalue weighted by atomic mass is 16.6. The van der Waals surface area contributed by atoms with Crippen LogP contribution in [0.4, 0.5) is 11.4 Å². The van der Waals surface area contributed by atoms with Gasteiger partial charge in [0.05, 0.1) is 10.6 Å². The number of phenolic OH excluding ortho intramolecular Hbond substituents is 1. The van der Waals surface area contributed by atoms with Gasteiger partial charge in [-0.15, -0.1) is 0 Å². The standard InChI is InChI=1S/C19H12N2O4/c22-17-7-6-14(21(23)24)9-12(17)11-20-13-5-8-19-16(10-13)15-3-1-2-4-18(15)25-19/h1-11,22H. The van der Waals surface area contributed by atoms with E-state index in [-0.39, 0.29) is 17.0 Å². The van der Waals surface area contributed by atoms with E-state index in [4.69, 9.17) is 4.42 Å². The summed E-state index contributed by atoms with van der Waals surface area (Å²) < 4.78 is 5.76. The molecule has 0 radical (unpaired) electrons. The number of nitrogens with zero attached hydrogens (tertiary/aromatic N) is 2. The number of hydrogen-bond acceptors (Lipinski definition) is 5. The summed E-state index contributed by atoms with van der Waals surface area (Å²) >= 11 is 0. The zero-order valence-electron chi connectivity index (χ0n) is 12.9. The second-order valence-electron chi connectivity index (χ2n) is 5.54. The van der Waals surface area contributed by atoms with Crippen molar-refractivity contribution in [3.63, 3.8) is 0 Å². The number of aromatic hydroxyl groups is 1. The first kappa shape index (κ1) is 14.9. The molecule has 4 aromatic rings. The number of aliphatic imine (C=N–C) groups is 1. The highest BCUT2D eigenvalue weighted by Crippen LogP contribution is 2.31. The summed E-state index contributed by atoms with van der Waals surface area (Å²) in [5, 5.41) is 22.6. The van der Waals surface area contributed by atoms with Gasteiger partial charge in [-0.2, -0.15) is 0 Å². The summed E-state index contributed by atoms with van der Waals surface area (Å²) in [6, 6.07) is 17.0. The minimum absolute atomic E-state index is 0.0656. The molecule has 0 aliphatic heterocycles. The van der Waals surface area contributed by atoms with Gasteiger partial charge in [0.2, 0.25) is 0 Å². The lowest BCUT2D eigenvalue weighted by Gasteiger charge is -1.99. The Bertz CT molecular complexity index is 1140. The molecule has 0 unspecified atom stereocenters. The summed E-state index contributed by atoms with van der Waals surface area (Å²) in [5.41, 5.74) is 2.40. The molecular weight excluding hydrogens is 320 g/mol. The van der Waals surface area contributed by atoms with Gasteiger partial charge in [-0.3, -0.25) is 15.1 Å². The lowest BCUT2D eigenvalue weighted by atomic mass is 10.1. The van der Waals surface area contributed by atoms with Crippen molar-refractivity contribution < 1.29 is 14.4 Å². The lowest BCUT2D eigenvalue weighted by molar-refractivity contribution is -0.384. The SMILES string of the molecule is O=[N+]([O-])c1ccc(O)c(C=Nc2ccc3oc4ccccc4c3c2)c1. The van der Waals surface area contributed by atoms with Gasteiger partial charge >= 0.3 is 0 Å². The van der Waals surface area contributed by atoms with Crippen molar-refractivity contribution in [2.24, 2.45) is 4.99 Å². The van der Waals surface area contributed by atoms with Gasteiger partial charge in [-0.1, -0.05) is 18.2 Å². The molecule has 1 heterocycles. The molecule has 0 fully saturated rings. The number of rotatable bonds is 3. The van der Waals surface area contributed by atoms with Crippen LogP contribution in [0.1, 0.15) is 5.56 Å². The predicted molar refractivity (Wildman–Crippen MR) is 95.7 cm³/mol. The third-order valence-corrected chi connectivity index (χ3v) is 3.93. The van der Waals surface area contributed by atoms with E-state index < -0.39 is 4.92 Å². The van der Waals surface area contributed by atoms with E-state index in [0.717, 1.165) is 21.9 Å². The molecule has 0 bridgehead atoms. The second kappa shape index (κ2) is 5.76. The summed E-state index contributed by atoms with van der Waals surface area (Å²) in [6.45, 7) is 0. The molecule has 122 valence electrons. The Kier molecular flexibility index (Phi) is 3.43. The van der Waals surface area contributed by atoms with Crippen molar-refractivity contribution in [2.75, 3.05) is 0 Å². The number of nitro groups is 1. The number of phenols is 1. The first-order valence-corrected chi connectivity index (χ1v) is 7.54. The van der Waals surface area contributed by atoms with Crippen LogP contribution in [-0.2, 0) is 0 Å². The van der Waals surface area contributed by atoms with E-state index in [1.54, 1.807) is 6.07 Å². The molecular formula is C19H12N2O4. The van der Waals surface area contributed by atoms with Gasteiger partial charge in [0, 0.05) is 34.7 Å². The number of para-hydroxylation sites is 1. The largest absolute Gasteiger partial charge is 0.507 e. The molecule has 0 atom stereocenters. The molecule has 6 heteroatoms. The van der Waals surface area contributed by atoms with Crippen molar-refractivity contribution in [2.45, 2.75) is 0 Å². The Balaban J connectivity index is 1.75. The van der Waals surface area contributed by atoms with E-state index in [0.29, 0.717) is 5.69 Å². The van der Waals surface area contributed by atoms with Crippen molar-refractivity contribution in [1.29, 1.82) is 0 Å². The number of non-ortho nitro benzene ring substituents is 1. The number of nitro benzene ring substituents is 1. The Morgan fingerprint density at radius 1 is 1.00 bits per heavy atom. The molecule has 6 nitrogen and oxygen atoms in total. The average molecular weight is 332 g/mol. The zero-order valence-corrected chi connectivity index (χ0v) is 12.9. The summed E-state index contributed by atoms with van der Waals surface area (Å²) in [6.07, 6.45) is 1.41. The molecule has 1 N–H and O–H groups in total. The van der Waals surface area contributed by atoms with E-state index in [9.17, 15) is 15.2 Å². The molecule has 1 aromatic heterocycles. The van der Waals surface area contributed by atoms with Gasteiger partial charge < -0.3 is 9.52 Å². The molecule has 0 amide bonds. The fourth-order valence-corrected chi connectivity index (χ4v) is 2.70. The van der Waals surface area contributed by atoms with E-state index in [1.165, 1.54) is 24.4 Å². The zero-order chi connectivity index (χ0) is 17.4. The van der Waals surface area contributed by atoms with Crippen molar-refractivity contribution >= 4 is 39.5 Å². The topological polar surface area (TPSA) is 88.9 Å². The Labute approximate surface area is 141 Å². The maximum absolute atomic E-state index is 10.8. The van der Waals surface area contributed by atoms with Crippen LogP contribution in [0.2, 0.25) is 0 Å². The molecule has 4 rings (SSSR count). The first-order chi connectivity index (χ1) is 12.1. The van der Waals surface area contributed by atoms with Gasteiger partial charge in [-0.05, 0) is 30.3 Å². The fraction of sp³-hybridized carbons (Fsp3) is 0. The number of benzene rings is 3. The molecule has 0 saturated heterocycles. The van der Waals surface area contributed by atoms with Crippen LogP contribution in [0, 0.1) is 10.1 Å². The van der Waals surface area contributed by atoms with Gasteiger partial charge in [0.25, 0.3) is 5.69 Å². The van der Waals surface area contributed by atoms with E-state index >= 15 is 0 Å². The number of fused-ring (bicyclic) bond motifs is 3. The summed E-state index contributed by atoms with van der Waals surface area (Å²) in [7, 11) is 0. The molecule has 0 spiro atoms. The van der Waals surface area contributed by atoms with E-state index in [1.807, 2.05) is 36.4 Å². The summed E-state index contributed by atoms with van der Waals surface area (Å²) in [4.78, 5) is 14.7. The second-order valence-corrected chi connectivity index (χ2v) is 5.54. The van der Waals surface area contributed by atoms with Gasteiger partial charge in [0.1, 0.15) is 16.9 Å². The molecule has 0 aliphatic rings. The molecule has 0 aliphatic carbocycles. The van der Waals surface area contributed by atoms with Crippen molar-refractivity contribution in [3.05, 3.63) is 76.3 Å². The summed E-state index contributed by atoms with van der Waals surface area (Å²) in [5.74, 6) is -0.0656. The lowest BCUT2D eigenvalue weighted by Crippen LogP contribution is -1.90. The minimum atomic E-state index is -0.513. The van der Waals surface area contributed by atoms with E-state index in [2.05, 4.69) is 4.99 Å². The average Bonchev–Trinajstić information content (AvgIpc) is 2.99. The van der Waals surface area contributed by atoms with Crippen LogP contribution in [-0.4, -0.2) is 16.2 Å². The van der Waals surface area contributed by atoms with Crippen LogP contribution in [0.25, 0.3) is 21.9 Å². The molecule has 25 heavy (non-hydrogen) atoms. The van der Waals surface area contributed by atoms with Crippen LogP contribution < -0.4 is 0 Å². The van der Waals surface area contributed by atoms with Gasteiger partial charge in [0.15, 0.2) is 0 Å². The van der Waals surface area contributed by atoms with Crippen LogP contribution >= 0.6 is 0 Å². The molecule has 3 aromatic carbocycles.